The van der Waals surface area contributed by atoms with Gasteiger partial charge in [0.2, 0.25) is 5.91 Å². The fourth-order valence-corrected chi connectivity index (χ4v) is 5.02. The maximum absolute atomic E-state index is 13.7. The van der Waals surface area contributed by atoms with Crippen molar-refractivity contribution >= 4 is 5.91 Å². The van der Waals surface area contributed by atoms with Crippen LogP contribution in [0.15, 0.2) is 16.9 Å². The summed E-state index contributed by atoms with van der Waals surface area (Å²) in [5, 5.41) is 0. The van der Waals surface area contributed by atoms with Gasteiger partial charge in [0.05, 0.1) is 6.54 Å². The standard InChI is InChI=1S/C21H29F2N3O3/c1-2-29-13-19(27)25-9-15-8-17(12-25)18-5-4-16(20(28)26(18)10-15)11-24-7-3-6-21(22,23)14-24/h4-5,15,17H,2-3,6-14H2,1H3/t15-,17+/m0/s1. The second-order valence-corrected chi connectivity index (χ2v) is 8.60. The number of carbonyl (C=O) groups is 1. The first kappa shape index (κ1) is 20.5. The molecule has 1 aromatic heterocycles. The summed E-state index contributed by atoms with van der Waals surface area (Å²) < 4.78 is 34.5. The molecule has 3 aliphatic heterocycles. The molecule has 3 aliphatic rings. The van der Waals surface area contributed by atoms with Crippen LogP contribution in [0.3, 0.4) is 0 Å². The van der Waals surface area contributed by atoms with Gasteiger partial charge in [-0.05, 0) is 38.3 Å². The molecule has 6 nitrogen and oxygen atoms in total. The number of nitrogens with zero attached hydrogens (tertiary/aromatic N) is 3. The molecule has 160 valence electrons. The number of ether oxygens (including phenoxy) is 1. The zero-order valence-corrected chi connectivity index (χ0v) is 16.9. The Morgan fingerprint density at radius 1 is 1.28 bits per heavy atom. The van der Waals surface area contributed by atoms with Crippen LogP contribution >= 0.6 is 0 Å². The third-order valence-electron chi connectivity index (χ3n) is 6.33. The lowest BCUT2D eigenvalue weighted by Gasteiger charge is -2.43. The van der Waals surface area contributed by atoms with Gasteiger partial charge in [-0.3, -0.25) is 14.5 Å². The van der Waals surface area contributed by atoms with Crippen molar-refractivity contribution in [2.45, 2.75) is 51.1 Å². The molecule has 2 bridgehead atoms. The third kappa shape index (κ3) is 4.38. The Balaban J connectivity index is 1.50. The Kier molecular flexibility index (Phi) is 5.75. The van der Waals surface area contributed by atoms with Crippen molar-refractivity contribution in [2.24, 2.45) is 5.92 Å². The average Bonchev–Trinajstić information content (AvgIpc) is 2.67. The number of fused-ring (bicyclic) bond motifs is 4. The minimum atomic E-state index is -2.67. The molecule has 2 saturated heterocycles. The minimum Gasteiger partial charge on any atom is -0.372 e. The lowest BCUT2D eigenvalue weighted by atomic mass is 9.83. The Morgan fingerprint density at radius 3 is 2.86 bits per heavy atom. The Labute approximate surface area is 169 Å². The number of hydrogen-bond donors (Lipinski definition) is 0. The summed E-state index contributed by atoms with van der Waals surface area (Å²) in [6.07, 6.45) is 1.35. The number of rotatable bonds is 5. The first-order chi connectivity index (χ1) is 13.9. The van der Waals surface area contributed by atoms with Crippen molar-refractivity contribution in [2.75, 3.05) is 39.4 Å². The van der Waals surface area contributed by atoms with E-state index in [0.717, 1.165) is 12.1 Å². The monoisotopic (exact) mass is 409 g/mol. The van der Waals surface area contributed by atoms with Crippen LogP contribution in [0.1, 0.15) is 43.4 Å². The van der Waals surface area contributed by atoms with E-state index < -0.39 is 5.92 Å². The molecule has 4 rings (SSSR count). The summed E-state index contributed by atoms with van der Waals surface area (Å²) in [4.78, 5) is 29.0. The summed E-state index contributed by atoms with van der Waals surface area (Å²) in [7, 11) is 0. The van der Waals surface area contributed by atoms with Gasteiger partial charge in [-0.2, -0.15) is 0 Å². The Hall–Kier alpha value is -1.80. The summed E-state index contributed by atoms with van der Waals surface area (Å²) in [5.41, 5.74) is 1.46. The number of aromatic nitrogens is 1. The quantitative estimate of drug-likeness (QED) is 0.747. The molecule has 8 heteroatoms. The molecule has 0 saturated carbocycles. The van der Waals surface area contributed by atoms with E-state index >= 15 is 0 Å². The molecule has 4 heterocycles. The smallest absolute Gasteiger partial charge is 0.260 e. The van der Waals surface area contributed by atoms with Crippen molar-refractivity contribution in [3.8, 4) is 0 Å². The van der Waals surface area contributed by atoms with E-state index in [4.69, 9.17) is 4.74 Å². The van der Waals surface area contributed by atoms with Crippen molar-refractivity contribution in [3.05, 3.63) is 33.7 Å². The zero-order valence-electron chi connectivity index (χ0n) is 16.9. The summed E-state index contributed by atoms with van der Waals surface area (Å²) >= 11 is 0. The van der Waals surface area contributed by atoms with Crippen molar-refractivity contribution in [1.82, 2.24) is 14.4 Å². The number of pyridine rings is 1. The molecule has 0 N–H and O–H groups in total. The maximum atomic E-state index is 13.7. The van der Waals surface area contributed by atoms with E-state index in [1.54, 1.807) is 11.0 Å². The van der Waals surface area contributed by atoms with Crippen molar-refractivity contribution in [3.63, 3.8) is 0 Å². The fraction of sp³-hybridized carbons (Fsp3) is 0.714. The highest BCUT2D eigenvalue weighted by Crippen LogP contribution is 2.35. The van der Waals surface area contributed by atoms with Gasteiger partial charge in [0.1, 0.15) is 6.61 Å². The van der Waals surface area contributed by atoms with Crippen LogP contribution in [0.25, 0.3) is 0 Å². The van der Waals surface area contributed by atoms with Gasteiger partial charge in [-0.25, -0.2) is 8.78 Å². The second-order valence-electron chi connectivity index (χ2n) is 8.60. The molecule has 2 fully saturated rings. The van der Waals surface area contributed by atoms with Crippen molar-refractivity contribution in [1.29, 1.82) is 0 Å². The topological polar surface area (TPSA) is 54.8 Å². The number of hydrogen-bond acceptors (Lipinski definition) is 4. The molecule has 0 aromatic carbocycles. The highest BCUT2D eigenvalue weighted by Gasteiger charge is 2.38. The van der Waals surface area contributed by atoms with Gasteiger partial charge in [-0.15, -0.1) is 0 Å². The lowest BCUT2D eigenvalue weighted by Crippen LogP contribution is -2.50. The third-order valence-corrected chi connectivity index (χ3v) is 6.33. The normalized spacial score (nSPS) is 26.2. The van der Waals surface area contributed by atoms with E-state index in [2.05, 4.69) is 0 Å². The van der Waals surface area contributed by atoms with E-state index in [-0.39, 0.29) is 49.4 Å². The predicted octanol–water partition coefficient (Wildman–Crippen LogP) is 2.06. The largest absolute Gasteiger partial charge is 0.372 e. The van der Waals surface area contributed by atoms with Gasteiger partial charge < -0.3 is 14.2 Å². The van der Waals surface area contributed by atoms with E-state index in [0.29, 0.717) is 44.8 Å². The van der Waals surface area contributed by atoms with Crippen LogP contribution in [0.2, 0.25) is 0 Å². The van der Waals surface area contributed by atoms with Gasteiger partial charge >= 0.3 is 0 Å². The summed E-state index contributed by atoms with van der Waals surface area (Å²) in [5.74, 6) is -2.30. The van der Waals surface area contributed by atoms with Crippen LogP contribution in [0.4, 0.5) is 8.78 Å². The number of amides is 1. The summed E-state index contributed by atoms with van der Waals surface area (Å²) in [6, 6.07) is 3.75. The van der Waals surface area contributed by atoms with Crippen LogP contribution in [-0.4, -0.2) is 65.6 Å². The Bertz CT molecular complexity index is 826. The molecule has 29 heavy (non-hydrogen) atoms. The van der Waals surface area contributed by atoms with Gasteiger partial charge in [0.15, 0.2) is 0 Å². The second kappa shape index (κ2) is 8.14. The van der Waals surface area contributed by atoms with E-state index in [1.807, 2.05) is 22.5 Å². The molecule has 0 radical (unpaired) electrons. The van der Waals surface area contributed by atoms with Crippen LogP contribution in [0, 0.1) is 5.92 Å². The zero-order chi connectivity index (χ0) is 20.6. The van der Waals surface area contributed by atoms with Crippen LogP contribution < -0.4 is 5.56 Å². The predicted molar refractivity (Wildman–Crippen MR) is 104 cm³/mol. The highest BCUT2D eigenvalue weighted by atomic mass is 19.3. The van der Waals surface area contributed by atoms with Crippen LogP contribution in [-0.2, 0) is 22.6 Å². The molecule has 1 amide bonds. The summed E-state index contributed by atoms with van der Waals surface area (Å²) in [6.45, 7) is 4.86. The number of alkyl halides is 2. The first-order valence-corrected chi connectivity index (χ1v) is 10.5. The number of halogens is 2. The molecule has 2 atom stereocenters. The van der Waals surface area contributed by atoms with Crippen LogP contribution in [0.5, 0.6) is 0 Å². The average molecular weight is 409 g/mol. The number of likely N-dealkylation sites (tertiary alicyclic amines) is 2. The molecule has 0 unspecified atom stereocenters. The van der Waals surface area contributed by atoms with Gasteiger partial charge in [0.25, 0.3) is 11.5 Å². The molecular formula is C21H29F2N3O3. The first-order valence-electron chi connectivity index (χ1n) is 10.5. The highest BCUT2D eigenvalue weighted by molar-refractivity contribution is 5.77. The van der Waals surface area contributed by atoms with Crippen molar-refractivity contribution < 1.29 is 18.3 Å². The Morgan fingerprint density at radius 2 is 2.10 bits per heavy atom. The molecule has 0 aliphatic carbocycles. The van der Waals surface area contributed by atoms with Gasteiger partial charge in [-0.1, -0.05) is 6.07 Å². The van der Waals surface area contributed by atoms with Gasteiger partial charge in [0, 0.05) is 56.4 Å². The number of piperidine rings is 2. The fourth-order valence-electron chi connectivity index (χ4n) is 5.02. The molecular weight excluding hydrogens is 380 g/mol. The minimum absolute atomic E-state index is 0.00000571. The molecule has 0 spiro atoms. The SMILES string of the molecule is CCOCC(=O)N1C[C@@H]2C[C@H](C1)c1ccc(CN3CCCC(F)(F)C3)c(=O)n1C2. The van der Waals surface area contributed by atoms with E-state index in [1.165, 1.54) is 0 Å². The maximum Gasteiger partial charge on any atom is 0.260 e. The molecule has 1 aromatic rings. The lowest BCUT2D eigenvalue weighted by molar-refractivity contribution is -0.138. The van der Waals surface area contributed by atoms with E-state index in [9.17, 15) is 18.4 Å². The number of carbonyl (C=O) groups excluding carboxylic acids is 1.